The van der Waals surface area contributed by atoms with E-state index >= 15 is 0 Å². The summed E-state index contributed by atoms with van der Waals surface area (Å²) in [6.45, 7) is 8.22. The summed E-state index contributed by atoms with van der Waals surface area (Å²) in [7, 11) is 0. The molecule has 0 aromatic carbocycles. The maximum atomic E-state index is 9.31. The average molecular weight is 263 g/mol. The van der Waals surface area contributed by atoms with E-state index in [2.05, 4.69) is 37.1 Å². The number of nitrogens with zero attached hydrogens (tertiary/aromatic N) is 2. The van der Waals surface area contributed by atoms with Crippen molar-refractivity contribution >= 4 is 11.8 Å². The van der Waals surface area contributed by atoms with Crippen molar-refractivity contribution in [1.82, 2.24) is 10.3 Å². The maximum absolute atomic E-state index is 9.31. The molecule has 1 aromatic rings. The lowest BCUT2D eigenvalue weighted by atomic mass is 9.97. The summed E-state index contributed by atoms with van der Waals surface area (Å²) in [5.74, 6) is 0. The van der Waals surface area contributed by atoms with Gasteiger partial charge in [-0.3, -0.25) is 5.32 Å². The van der Waals surface area contributed by atoms with E-state index in [4.69, 9.17) is 0 Å². The van der Waals surface area contributed by atoms with E-state index in [0.717, 1.165) is 11.4 Å². The molecule has 0 amide bonds. The molecule has 0 bridgehead atoms. The first kappa shape index (κ1) is 15.0. The smallest absolute Gasteiger partial charge is 0.105 e. The van der Waals surface area contributed by atoms with Gasteiger partial charge in [0, 0.05) is 17.5 Å². The predicted octanol–water partition coefficient (Wildman–Crippen LogP) is 3.23. The molecule has 0 fully saturated rings. The minimum Gasteiger partial charge on any atom is -0.297 e. The second-order valence-corrected chi connectivity index (χ2v) is 6.50. The van der Waals surface area contributed by atoms with Gasteiger partial charge in [0.15, 0.2) is 0 Å². The van der Waals surface area contributed by atoms with Crippen molar-refractivity contribution in [1.29, 1.82) is 5.26 Å². The molecule has 0 aliphatic carbocycles. The molecule has 0 saturated heterocycles. The lowest BCUT2D eigenvalue weighted by Gasteiger charge is -2.28. The van der Waals surface area contributed by atoms with Gasteiger partial charge in [-0.25, -0.2) is 4.98 Å². The lowest BCUT2D eigenvalue weighted by molar-refractivity contribution is 0.382. The first-order valence-electron chi connectivity index (χ1n) is 6.22. The largest absolute Gasteiger partial charge is 0.297 e. The summed E-state index contributed by atoms with van der Waals surface area (Å²) in [5, 5.41) is 14.0. The average Bonchev–Trinajstić information content (AvgIpc) is 2.28. The van der Waals surface area contributed by atoms with Crippen molar-refractivity contribution < 1.29 is 0 Å². The first-order valence-corrected chi connectivity index (χ1v) is 7.10. The molecule has 0 spiro atoms. The Labute approximate surface area is 114 Å². The van der Waals surface area contributed by atoms with E-state index in [1.165, 1.54) is 0 Å². The van der Waals surface area contributed by atoms with Crippen LogP contribution in [-0.2, 0) is 0 Å². The van der Waals surface area contributed by atoms with Crippen LogP contribution in [0, 0.1) is 11.3 Å². The van der Waals surface area contributed by atoms with Gasteiger partial charge in [0.2, 0.25) is 0 Å². The molecular weight excluding hydrogens is 242 g/mol. The van der Waals surface area contributed by atoms with Gasteiger partial charge in [0.05, 0.1) is 11.1 Å². The summed E-state index contributed by atoms with van der Waals surface area (Å²) in [4.78, 5) is 4.30. The first-order chi connectivity index (χ1) is 8.45. The molecule has 18 heavy (non-hydrogen) atoms. The zero-order chi connectivity index (χ0) is 13.6. The van der Waals surface area contributed by atoms with E-state index in [-0.39, 0.29) is 0 Å². The molecule has 4 heteroatoms. The minimum absolute atomic E-state index is 0.307. The molecule has 0 radical (unpaired) electrons. The molecule has 1 heterocycles. The van der Waals surface area contributed by atoms with Crippen LogP contribution in [0.3, 0.4) is 0 Å². The van der Waals surface area contributed by atoms with Crippen LogP contribution in [0.25, 0.3) is 0 Å². The Balaban J connectivity index is 2.58. The van der Waals surface area contributed by atoms with Gasteiger partial charge < -0.3 is 0 Å². The standard InChI is InChI=1S/C14H21N3S/c1-11(2)17-14(4,10-15)9-12(3)18-13-7-5-6-8-16-13/h5-8,11-12,17H,9H2,1-4H3. The topological polar surface area (TPSA) is 48.7 Å². The van der Waals surface area contributed by atoms with Gasteiger partial charge in [0.25, 0.3) is 0 Å². The number of aromatic nitrogens is 1. The molecule has 3 nitrogen and oxygen atoms in total. The van der Waals surface area contributed by atoms with E-state index in [1.54, 1.807) is 18.0 Å². The Morgan fingerprint density at radius 1 is 1.44 bits per heavy atom. The number of rotatable bonds is 6. The third kappa shape index (κ3) is 5.07. The molecule has 0 saturated carbocycles. The fraction of sp³-hybridized carbons (Fsp3) is 0.571. The predicted molar refractivity (Wildman–Crippen MR) is 76.5 cm³/mol. The van der Waals surface area contributed by atoms with Crippen molar-refractivity contribution in [2.45, 2.75) is 56.0 Å². The Morgan fingerprint density at radius 3 is 2.67 bits per heavy atom. The Morgan fingerprint density at radius 2 is 2.17 bits per heavy atom. The summed E-state index contributed by atoms with van der Waals surface area (Å²) in [6.07, 6.45) is 2.59. The maximum Gasteiger partial charge on any atom is 0.105 e. The highest BCUT2D eigenvalue weighted by atomic mass is 32.2. The number of pyridine rings is 1. The summed E-state index contributed by atoms with van der Waals surface area (Å²) >= 11 is 1.71. The molecule has 0 aliphatic rings. The molecule has 98 valence electrons. The van der Waals surface area contributed by atoms with Crippen LogP contribution in [0.15, 0.2) is 29.4 Å². The normalized spacial score (nSPS) is 16.0. The number of nitrogens with one attached hydrogen (secondary N) is 1. The lowest BCUT2D eigenvalue weighted by Crippen LogP contribution is -2.46. The monoisotopic (exact) mass is 263 g/mol. The third-order valence-electron chi connectivity index (χ3n) is 2.51. The van der Waals surface area contributed by atoms with Gasteiger partial charge in [-0.05, 0) is 39.3 Å². The molecule has 1 rings (SSSR count). The Kier molecular flexibility index (Phi) is 5.64. The third-order valence-corrected chi connectivity index (χ3v) is 3.56. The molecule has 2 unspecified atom stereocenters. The van der Waals surface area contributed by atoms with Gasteiger partial charge in [0.1, 0.15) is 5.54 Å². The second-order valence-electron chi connectivity index (χ2n) is 5.04. The number of thioether (sulfide) groups is 1. The zero-order valence-electron chi connectivity index (χ0n) is 11.5. The highest BCUT2D eigenvalue weighted by Crippen LogP contribution is 2.27. The zero-order valence-corrected chi connectivity index (χ0v) is 12.3. The van der Waals surface area contributed by atoms with Crippen molar-refractivity contribution in [3.8, 4) is 6.07 Å². The molecule has 1 N–H and O–H groups in total. The fourth-order valence-corrected chi connectivity index (χ4v) is 3.12. The summed E-state index contributed by atoms with van der Waals surface area (Å²) < 4.78 is 0. The van der Waals surface area contributed by atoms with Crippen LogP contribution in [0.4, 0.5) is 0 Å². The van der Waals surface area contributed by atoms with Crippen LogP contribution in [0.2, 0.25) is 0 Å². The SMILES string of the molecule is CC(C)NC(C)(C#N)CC(C)Sc1ccccn1. The van der Waals surface area contributed by atoms with Crippen molar-refractivity contribution in [2.24, 2.45) is 0 Å². The van der Waals surface area contributed by atoms with Crippen molar-refractivity contribution in [3.63, 3.8) is 0 Å². The second kappa shape index (κ2) is 6.77. The molecule has 0 aliphatic heterocycles. The Bertz CT molecular complexity index is 399. The van der Waals surface area contributed by atoms with Crippen molar-refractivity contribution in [3.05, 3.63) is 24.4 Å². The van der Waals surface area contributed by atoms with Crippen LogP contribution >= 0.6 is 11.8 Å². The number of hydrogen-bond acceptors (Lipinski definition) is 4. The highest BCUT2D eigenvalue weighted by Gasteiger charge is 2.27. The molecule has 2 atom stereocenters. The van der Waals surface area contributed by atoms with Gasteiger partial charge in [-0.1, -0.05) is 13.0 Å². The highest BCUT2D eigenvalue weighted by molar-refractivity contribution is 7.99. The number of hydrogen-bond donors (Lipinski definition) is 1. The van der Waals surface area contributed by atoms with Gasteiger partial charge in [-0.15, -0.1) is 11.8 Å². The van der Waals surface area contributed by atoms with E-state index in [1.807, 2.05) is 25.1 Å². The van der Waals surface area contributed by atoms with E-state index in [0.29, 0.717) is 11.3 Å². The van der Waals surface area contributed by atoms with Gasteiger partial charge in [-0.2, -0.15) is 5.26 Å². The fourth-order valence-electron chi connectivity index (χ4n) is 2.01. The number of nitriles is 1. The van der Waals surface area contributed by atoms with E-state index < -0.39 is 5.54 Å². The Hall–Kier alpha value is -1.05. The van der Waals surface area contributed by atoms with Crippen molar-refractivity contribution in [2.75, 3.05) is 0 Å². The van der Waals surface area contributed by atoms with Crippen LogP contribution in [0.1, 0.15) is 34.1 Å². The quantitative estimate of drug-likeness (QED) is 0.801. The summed E-state index contributed by atoms with van der Waals surface area (Å²) in [6, 6.07) is 8.58. The van der Waals surface area contributed by atoms with E-state index in [9.17, 15) is 5.26 Å². The van der Waals surface area contributed by atoms with Crippen LogP contribution < -0.4 is 5.32 Å². The summed E-state index contributed by atoms with van der Waals surface area (Å²) in [5.41, 5.74) is -0.477. The molecular formula is C14H21N3S. The van der Waals surface area contributed by atoms with Gasteiger partial charge >= 0.3 is 0 Å². The van der Waals surface area contributed by atoms with Crippen LogP contribution in [0.5, 0.6) is 0 Å². The van der Waals surface area contributed by atoms with Crippen LogP contribution in [-0.4, -0.2) is 21.8 Å². The molecule has 1 aromatic heterocycles. The minimum atomic E-state index is -0.477.